The van der Waals surface area contributed by atoms with Crippen LogP contribution >= 0.6 is 0 Å². The Morgan fingerprint density at radius 3 is 2.00 bits per heavy atom. The van der Waals surface area contributed by atoms with Crippen molar-refractivity contribution >= 4 is 0 Å². The summed E-state index contributed by atoms with van der Waals surface area (Å²) >= 11 is 0. The number of rotatable bonds is 1. The van der Waals surface area contributed by atoms with Crippen molar-refractivity contribution in [3.63, 3.8) is 0 Å². The van der Waals surface area contributed by atoms with E-state index < -0.39 is 30.5 Å². The third kappa shape index (κ3) is 1.54. The molecule has 0 aliphatic carbocycles. The van der Waals surface area contributed by atoms with Crippen molar-refractivity contribution in [1.29, 1.82) is 0 Å². The quantitative estimate of drug-likeness (QED) is 0.456. The highest BCUT2D eigenvalue weighted by Gasteiger charge is 2.42. The molecule has 5 atom stereocenters. The predicted octanol–water partition coefficient (Wildman–Crippen LogP) is -1.12. The van der Waals surface area contributed by atoms with Crippen LogP contribution in [0.1, 0.15) is 13.8 Å². The van der Waals surface area contributed by atoms with Gasteiger partial charge in [0.05, 0.1) is 12.2 Å². The Morgan fingerprint density at radius 1 is 1.27 bits per heavy atom. The summed E-state index contributed by atoms with van der Waals surface area (Å²) in [4.78, 5) is 0. The molecule has 4 heteroatoms. The molecule has 11 heavy (non-hydrogen) atoms. The molecule has 0 amide bonds. The standard InChI is InChI=1S/C7H14O4/c1-3(8)7-6(10)5(9)4(2)11-7/h3-10H,1-2H3/t3-,4-,5-,6-,7+/m0/s1. The van der Waals surface area contributed by atoms with Crippen LogP contribution < -0.4 is 0 Å². The number of ether oxygens (including phenoxy) is 1. The average Bonchev–Trinajstić information content (AvgIpc) is 2.17. The summed E-state index contributed by atoms with van der Waals surface area (Å²) in [6.45, 7) is 3.19. The highest BCUT2D eigenvalue weighted by molar-refractivity contribution is 4.90. The molecule has 0 aromatic carbocycles. The third-order valence-electron chi connectivity index (χ3n) is 2.01. The predicted molar refractivity (Wildman–Crippen MR) is 38.0 cm³/mol. The molecule has 1 saturated heterocycles. The normalized spacial score (nSPS) is 47.7. The van der Waals surface area contributed by atoms with Gasteiger partial charge in [-0.15, -0.1) is 0 Å². The Bertz CT molecular complexity index is 136. The van der Waals surface area contributed by atoms with E-state index in [4.69, 9.17) is 9.84 Å². The zero-order valence-electron chi connectivity index (χ0n) is 6.64. The fourth-order valence-electron chi connectivity index (χ4n) is 1.28. The molecular formula is C7H14O4. The van der Waals surface area contributed by atoms with Crippen LogP contribution in [0.2, 0.25) is 0 Å². The molecule has 0 bridgehead atoms. The molecule has 1 aliphatic heterocycles. The van der Waals surface area contributed by atoms with Gasteiger partial charge < -0.3 is 20.1 Å². The van der Waals surface area contributed by atoms with E-state index in [1.807, 2.05) is 0 Å². The van der Waals surface area contributed by atoms with Crippen molar-refractivity contribution in [2.24, 2.45) is 0 Å². The smallest absolute Gasteiger partial charge is 0.112 e. The van der Waals surface area contributed by atoms with Crippen molar-refractivity contribution < 1.29 is 20.1 Å². The summed E-state index contributed by atoms with van der Waals surface area (Å²) in [7, 11) is 0. The largest absolute Gasteiger partial charge is 0.391 e. The van der Waals surface area contributed by atoms with E-state index in [-0.39, 0.29) is 0 Å². The van der Waals surface area contributed by atoms with Crippen LogP contribution in [0.3, 0.4) is 0 Å². The number of hydrogen-bond acceptors (Lipinski definition) is 4. The SMILES string of the molecule is C[C@H](O)[C@H]1O[C@@H](C)[C@H](O)[C@@H]1O. The van der Waals surface area contributed by atoms with Gasteiger partial charge in [0.25, 0.3) is 0 Å². The van der Waals surface area contributed by atoms with Gasteiger partial charge in [-0.05, 0) is 13.8 Å². The highest BCUT2D eigenvalue weighted by atomic mass is 16.6. The number of hydrogen-bond donors (Lipinski definition) is 3. The zero-order valence-corrected chi connectivity index (χ0v) is 6.64. The fraction of sp³-hybridized carbons (Fsp3) is 1.00. The molecule has 3 N–H and O–H groups in total. The molecule has 0 unspecified atom stereocenters. The second-order valence-electron chi connectivity index (χ2n) is 3.03. The molecule has 0 aromatic rings. The Hall–Kier alpha value is -0.160. The fourth-order valence-corrected chi connectivity index (χ4v) is 1.28. The lowest BCUT2D eigenvalue weighted by atomic mass is 10.1. The average molecular weight is 162 g/mol. The first-order chi connectivity index (χ1) is 5.04. The summed E-state index contributed by atoms with van der Waals surface area (Å²) < 4.78 is 5.10. The van der Waals surface area contributed by atoms with Crippen LogP contribution in [0.15, 0.2) is 0 Å². The number of aliphatic hydroxyl groups is 3. The summed E-state index contributed by atoms with van der Waals surface area (Å²) in [5.74, 6) is 0. The van der Waals surface area contributed by atoms with Crippen molar-refractivity contribution in [1.82, 2.24) is 0 Å². The molecule has 0 radical (unpaired) electrons. The molecule has 66 valence electrons. The highest BCUT2D eigenvalue weighted by Crippen LogP contribution is 2.22. The molecule has 0 saturated carbocycles. The lowest BCUT2D eigenvalue weighted by molar-refractivity contribution is -0.0546. The van der Waals surface area contributed by atoms with E-state index in [1.54, 1.807) is 6.92 Å². The summed E-state index contributed by atoms with van der Waals surface area (Å²) in [6.07, 6.45) is -3.64. The lowest BCUT2D eigenvalue weighted by Crippen LogP contribution is -2.37. The maximum atomic E-state index is 9.26. The van der Waals surface area contributed by atoms with E-state index in [0.717, 1.165) is 0 Å². The Kier molecular flexibility index (Phi) is 2.49. The van der Waals surface area contributed by atoms with Crippen molar-refractivity contribution in [2.75, 3.05) is 0 Å². The van der Waals surface area contributed by atoms with Gasteiger partial charge >= 0.3 is 0 Å². The summed E-state index contributed by atoms with van der Waals surface area (Å²) in [5.41, 5.74) is 0. The maximum Gasteiger partial charge on any atom is 0.112 e. The minimum Gasteiger partial charge on any atom is -0.391 e. The topological polar surface area (TPSA) is 69.9 Å². The van der Waals surface area contributed by atoms with Crippen molar-refractivity contribution in [2.45, 2.75) is 44.4 Å². The van der Waals surface area contributed by atoms with Crippen LogP contribution in [0.5, 0.6) is 0 Å². The molecule has 4 nitrogen and oxygen atoms in total. The van der Waals surface area contributed by atoms with Gasteiger partial charge in [-0.1, -0.05) is 0 Å². The maximum absolute atomic E-state index is 9.26. The first-order valence-electron chi connectivity index (χ1n) is 3.73. The Balaban J connectivity index is 2.59. The molecule has 1 aliphatic rings. The molecule has 0 aromatic heterocycles. The van der Waals surface area contributed by atoms with Crippen LogP contribution in [0, 0.1) is 0 Å². The van der Waals surface area contributed by atoms with Crippen LogP contribution in [-0.4, -0.2) is 45.8 Å². The van der Waals surface area contributed by atoms with Gasteiger partial charge in [0.15, 0.2) is 0 Å². The van der Waals surface area contributed by atoms with E-state index in [0.29, 0.717) is 0 Å². The van der Waals surface area contributed by atoms with E-state index in [1.165, 1.54) is 6.92 Å². The molecular weight excluding hydrogens is 148 g/mol. The van der Waals surface area contributed by atoms with Gasteiger partial charge in [0.2, 0.25) is 0 Å². The van der Waals surface area contributed by atoms with Crippen molar-refractivity contribution in [3.8, 4) is 0 Å². The molecule has 1 fully saturated rings. The van der Waals surface area contributed by atoms with Crippen molar-refractivity contribution in [3.05, 3.63) is 0 Å². The second-order valence-corrected chi connectivity index (χ2v) is 3.03. The molecule has 0 spiro atoms. The minimum absolute atomic E-state index is 0.399. The Labute approximate surface area is 65.4 Å². The van der Waals surface area contributed by atoms with Gasteiger partial charge in [-0.25, -0.2) is 0 Å². The van der Waals surface area contributed by atoms with Gasteiger partial charge in [-0.3, -0.25) is 0 Å². The number of aliphatic hydroxyl groups excluding tert-OH is 3. The second kappa shape index (κ2) is 3.06. The third-order valence-corrected chi connectivity index (χ3v) is 2.01. The zero-order chi connectivity index (χ0) is 8.59. The van der Waals surface area contributed by atoms with Gasteiger partial charge in [0, 0.05) is 0 Å². The minimum atomic E-state index is -0.968. The molecule has 1 rings (SSSR count). The summed E-state index contributed by atoms with van der Waals surface area (Å²) in [5, 5.41) is 27.5. The Morgan fingerprint density at radius 2 is 1.82 bits per heavy atom. The van der Waals surface area contributed by atoms with E-state index in [9.17, 15) is 10.2 Å². The van der Waals surface area contributed by atoms with Crippen LogP contribution in [-0.2, 0) is 4.74 Å². The van der Waals surface area contributed by atoms with E-state index >= 15 is 0 Å². The molecule has 1 heterocycles. The monoisotopic (exact) mass is 162 g/mol. The first kappa shape index (κ1) is 8.93. The van der Waals surface area contributed by atoms with Crippen LogP contribution in [0.4, 0.5) is 0 Å². The van der Waals surface area contributed by atoms with Gasteiger partial charge in [0.1, 0.15) is 18.3 Å². The first-order valence-corrected chi connectivity index (χ1v) is 3.73. The van der Waals surface area contributed by atoms with Gasteiger partial charge in [-0.2, -0.15) is 0 Å². The summed E-state index contributed by atoms with van der Waals surface area (Å²) in [6, 6.07) is 0. The van der Waals surface area contributed by atoms with E-state index in [2.05, 4.69) is 0 Å². The lowest BCUT2D eigenvalue weighted by Gasteiger charge is -2.16. The van der Waals surface area contributed by atoms with Crippen LogP contribution in [0.25, 0.3) is 0 Å².